The van der Waals surface area contributed by atoms with Gasteiger partial charge >= 0.3 is 0 Å². The van der Waals surface area contributed by atoms with Crippen LogP contribution >= 0.6 is 23.2 Å². The maximum Gasteiger partial charge on any atom is 0.237 e. The van der Waals surface area contributed by atoms with Crippen molar-refractivity contribution < 1.29 is 19.7 Å². The van der Waals surface area contributed by atoms with Crippen molar-refractivity contribution in [3.8, 4) is 45.4 Å². The van der Waals surface area contributed by atoms with Gasteiger partial charge in [0, 0.05) is 60.3 Å². The van der Waals surface area contributed by atoms with Crippen LogP contribution in [0.3, 0.4) is 0 Å². The first-order valence-electron chi connectivity index (χ1n) is 17.0. The maximum atomic E-state index is 10.5. The fraction of sp³-hybridized carbons (Fsp3) is 0.474. The minimum absolute atomic E-state index is 0.204. The van der Waals surface area contributed by atoms with E-state index in [0.29, 0.717) is 57.4 Å². The zero-order valence-corrected chi connectivity index (χ0v) is 31.1. The van der Waals surface area contributed by atoms with E-state index in [4.69, 9.17) is 52.6 Å². The van der Waals surface area contributed by atoms with Crippen LogP contribution in [0.4, 0.5) is 0 Å². The Morgan fingerprint density at radius 3 is 1.40 bits per heavy atom. The Morgan fingerprint density at radius 1 is 0.680 bits per heavy atom. The Kier molecular flexibility index (Phi) is 10.7. The normalized spacial score (nSPS) is 18.9. The maximum absolute atomic E-state index is 10.5. The zero-order chi connectivity index (χ0) is 35.8. The molecule has 0 saturated carbocycles. The molecule has 2 aliphatic rings. The lowest BCUT2D eigenvalue weighted by atomic mass is 9.90. The molecule has 2 aliphatic heterocycles. The average Bonchev–Trinajstić information content (AvgIpc) is 3.76. The smallest absolute Gasteiger partial charge is 0.237 e. The lowest BCUT2D eigenvalue weighted by Crippen LogP contribution is -2.33. The van der Waals surface area contributed by atoms with Crippen molar-refractivity contribution in [2.24, 2.45) is 11.8 Å². The first-order chi connectivity index (χ1) is 23.8. The van der Waals surface area contributed by atoms with E-state index in [2.05, 4.69) is 9.80 Å². The molecule has 10 nitrogen and oxygen atoms in total. The van der Waals surface area contributed by atoms with Crippen molar-refractivity contribution in [1.29, 1.82) is 0 Å². The lowest BCUT2D eigenvalue weighted by molar-refractivity contribution is 0.0202. The van der Waals surface area contributed by atoms with Gasteiger partial charge in [0.05, 0.1) is 59.2 Å². The number of hydrogen-bond acceptors (Lipinski definition) is 10. The fourth-order valence-electron chi connectivity index (χ4n) is 7.00. The Labute approximate surface area is 304 Å². The fourth-order valence-corrected chi connectivity index (χ4v) is 7.65. The topological polar surface area (TPSA) is 117 Å². The number of methoxy groups -OCH3 is 2. The molecule has 0 unspecified atom stereocenters. The molecule has 6 rings (SSSR count). The molecule has 0 amide bonds. The summed E-state index contributed by atoms with van der Waals surface area (Å²) in [7, 11) is 3.18. The molecule has 4 heterocycles. The number of rotatable bonds is 11. The highest BCUT2D eigenvalue weighted by atomic mass is 35.5. The van der Waals surface area contributed by atoms with E-state index in [9.17, 15) is 10.2 Å². The van der Waals surface area contributed by atoms with Gasteiger partial charge < -0.3 is 19.7 Å². The second-order valence-corrected chi connectivity index (χ2v) is 15.3. The summed E-state index contributed by atoms with van der Waals surface area (Å²) in [6, 6.07) is 11.5. The first kappa shape index (κ1) is 36.4. The van der Waals surface area contributed by atoms with Crippen LogP contribution in [0.5, 0.6) is 11.8 Å². The van der Waals surface area contributed by atoms with E-state index in [0.717, 1.165) is 61.5 Å². The quantitative estimate of drug-likeness (QED) is 0.172. The highest BCUT2D eigenvalue weighted by Gasteiger charge is 2.35. The SMILES string of the molecule is COc1nc(-c2cccc(-c3cccc(-c4cnc(CN5CC[C@@H](C(C)(C)O)C5)c(OC)n4)c3Cl)c2Cl)cnc1CN1CC[C@@H](C(C)(C)O)C1. The summed E-state index contributed by atoms with van der Waals surface area (Å²) in [5.41, 5.74) is 4.06. The van der Waals surface area contributed by atoms with Gasteiger partial charge in [-0.1, -0.05) is 59.6 Å². The van der Waals surface area contributed by atoms with Crippen LogP contribution in [-0.4, -0.2) is 91.5 Å². The highest BCUT2D eigenvalue weighted by molar-refractivity contribution is 6.39. The second-order valence-electron chi connectivity index (χ2n) is 14.5. The molecule has 50 heavy (non-hydrogen) atoms. The first-order valence-corrected chi connectivity index (χ1v) is 17.8. The van der Waals surface area contributed by atoms with Gasteiger partial charge in [0.15, 0.2) is 0 Å². The van der Waals surface area contributed by atoms with Crippen LogP contribution < -0.4 is 9.47 Å². The van der Waals surface area contributed by atoms with Gasteiger partial charge in [-0.25, -0.2) is 9.97 Å². The van der Waals surface area contributed by atoms with Gasteiger partial charge in [0.2, 0.25) is 11.8 Å². The van der Waals surface area contributed by atoms with E-state index >= 15 is 0 Å². The number of aromatic nitrogens is 4. The molecule has 266 valence electrons. The van der Waals surface area contributed by atoms with Crippen molar-refractivity contribution >= 4 is 23.2 Å². The van der Waals surface area contributed by atoms with Gasteiger partial charge in [0.1, 0.15) is 11.4 Å². The average molecular weight is 722 g/mol. The van der Waals surface area contributed by atoms with Crippen molar-refractivity contribution in [2.45, 2.75) is 64.8 Å². The zero-order valence-electron chi connectivity index (χ0n) is 29.6. The van der Waals surface area contributed by atoms with Crippen LogP contribution in [-0.2, 0) is 13.1 Å². The van der Waals surface area contributed by atoms with Crippen LogP contribution in [0, 0.1) is 11.8 Å². The molecular formula is C38H46Cl2N6O4. The number of hydrogen-bond donors (Lipinski definition) is 2. The van der Waals surface area contributed by atoms with E-state index in [-0.39, 0.29) is 11.8 Å². The summed E-state index contributed by atoms with van der Waals surface area (Å²) >= 11 is 14.2. The predicted molar refractivity (Wildman–Crippen MR) is 196 cm³/mol. The molecule has 2 N–H and O–H groups in total. The summed E-state index contributed by atoms with van der Waals surface area (Å²) in [4.78, 5) is 23.6. The van der Waals surface area contributed by atoms with Crippen molar-refractivity contribution in [1.82, 2.24) is 29.7 Å². The molecule has 2 fully saturated rings. The number of halogens is 2. The summed E-state index contributed by atoms with van der Waals surface area (Å²) in [5.74, 6) is 1.28. The van der Waals surface area contributed by atoms with Gasteiger partial charge in [-0.3, -0.25) is 19.8 Å². The monoisotopic (exact) mass is 720 g/mol. The summed E-state index contributed by atoms with van der Waals surface area (Å²) in [6.45, 7) is 11.9. The molecule has 12 heteroatoms. The Bertz CT molecular complexity index is 1710. The number of benzene rings is 2. The van der Waals surface area contributed by atoms with Gasteiger partial charge in [-0.15, -0.1) is 0 Å². The third-order valence-corrected chi connectivity index (χ3v) is 11.0. The van der Waals surface area contributed by atoms with Gasteiger partial charge in [0.25, 0.3) is 0 Å². The van der Waals surface area contributed by atoms with E-state index in [1.807, 2.05) is 64.1 Å². The Morgan fingerprint density at radius 2 is 1.06 bits per heavy atom. The summed E-state index contributed by atoms with van der Waals surface area (Å²) in [5, 5.41) is 21.9. The largest absolute Gasteiger partial charge is 0.480 e. The van der Waals surface area contributed by atoms with Crippen LogP contribution in [0.15, 0.2) is 48.8 Å². The van der Waals surface area contributed by atoms with Crippen molar-refractivity contribution in [3.05, 3.63) is 70.2 Å². The molecule has 2 saturated heterocycles. The molecular weight excluding hydrogens is 675 g/mol. The van der Waals surface area contributed by atoms with Crippen LogP contribution in [0.2, 0.25) is 10.0 Å². The molecule has 0 radical (unpaired) electrons. The lowest BCUT2D eigenvalue weighted by Gasteiger charge is -2.25. The van der Waals surface area contributed by atoms with Crippen molar-refractivity contribution in [2.75, 3.05) is 40.4 Å². The highest BCUT2D eigenvalue weighted by Crippen LogP contribution is 2.42. The molecule has 0 bridgehead atoms. The summed E-state index contributed by atoms with van der Waals surface area (Å²) in [6.07, 6.45) is 5.30. The van der Waals surface area contributed by atoms with Crippen LogP contribution in [0.1, 0.15) is 51.9 Å². The molecule has 4 aromatic rings. The van der Waals surface area contributed by atoms with E-state index < -0.39 is 11.2 Å². The second kappa shape index (κ2) is 14.7. The molecule has 2 atom stereocenters. The van der Waals surface area contributed by atoms with E-state index in [1.54, 1.807) is 26.6 Å². The Hall–Kier alpha value is -3.38. The van der Waals surface area contributed by atoms with Gasteiger partial charge in [-0.05, 0) is 53.6 Å². The minimum atomic E-state index is -0.721. The third-order valence-electron chi connectivity index (χ3n) is 10.1. The van der Waals surface area contributed by atoms with Crippen molar-refractivity contribution in [3.63, 3.8) is 0 Å². The van der Waals surface area contributed by atoms with Gasteiger partial charge in [-0.2, -0.15) is 0 Å². The number of aliphatic hydroxyl groups is 2. The molecule has 2 aromatic heterocycles. The minimum Gasteiger partial charge on any atom is -0.480 e. The number of ether oxygens (including phenoxy) is 2. The standard InChI is InChI=1S/C38H46Cl2N6O4/c1-37(2,47)23-13-15-45(19-23)21-31-35(49-5)43-29(17-41-31)27-11-7-9-25(33(27)39)26-10-8-12-28(34(26)40)30-18-42-32(36(44-30)50-6)22-46-16-14-24(20-46)38(3,4)48/h7-12,17-18,23-24,47-48H,13-16,19-22H2,1-6H3/t23-,24-/m1/s1. The number of nitrogens with zero attached hydrogens (tertiary/aromatic N) is 6. The Balaban J connectivity index is 1.24. The number of likely N-dealkylation sites (tertiary alicyclic amines) is 2. The predicted octanol–water partition coefficient (Wildman–Crippen LogP) is 6.78. The molecule has 0 aliphatic carbocycles. The summed E-state index contributed by atoms with van der Waals surface area (Å²) < 4.78 is 11.4. The molecule has 0 spiro atoms. The third kappa shape index (κ3) is 7.76. The molecule has 2 aromatic carbocycles. The van der Waals surface area contributed by atoms with Crippen LogP contribution in [0.25, 0.3) is 33.6 Å². The van der Waals surface area contributed by atoms with E-state index in [1.165, 1.54) is 0 Å².